The van der Waals surface area contributed by atoms with Crippen molar-refractivity contribution in [2.45, 2.75) is 39.5 Å². The van der Waals surface area contributed by atoms with Crippen LogP contribution in [0.2, 0.25) is 0 Å². The van der Waals surface area contributed by atoms with Gasteiger partial charge in [-0.2, -0.15) is 0 Å². The second kappa shape index (κ2) is 23.4. The van der Waals surface area contributed by atoms with Gasteiger partial charge in [0, 0.05) is 0 Å². The zero-order chi connectivity index (χ0) is 4.83. The summed E-state index contributed by atoms with van der Waals surface area (Å²) < 4.78 is 0. The molecular formula is C6H14F2Mg. The topological polar surface area (TPSA) is 0 Å². The van der Waals surface area contributed by atoms with E-state index in [0.29, 0.717) is 0 Å². The van der Waals surface area contributed by atoms with Crippen LogP contribution in [0.5, 0.6) is 0 Å². The summed E-state index contributed by atoms with van der Waals surface area (Å²) in [4.78, 5) is 0. The number of halogens is 2. The van der Waals surface area contributed by atoms with Crippen LogP contribution in [0.3, 0.4) is 0 Å². The molecule has 0 atom stereocenters. The first-order valence-electron chi connectivity index (χ1n) is 2.91. The van der Waals surface area contributed by atoms with Crippen LogP contribution in [0.25, 0.3) is 0 Å². The van der Waals surface area contributed by atoms with Crippen molar-refractivity contribution >= 4 is 23.1 Å². The molecule has 0 N–H and O–H groups in total. The van der Waals surface area contributed by atoms with Gasteiger partial charge >= 0.3 is 23.1 Å². The van der Waals surface area contributed by atoms with Gasteiger partial charge in [0.1, 0.15) is 0 Å². The Labute approximate surface area is 72.3 Å². The maximum atomic E-state index is 2.23. The molecule has 0 saturated heterocycles. The van der Waals surface area contributed by atoms with Crippen molar-refractivity contribution in [1.82, 2.24) is 0 Å². The van der Waals surface area contributed by atoms with E-state index in [1.807, 2.05) is 0 Å². The molecule has 54 valence electrons. The fraction of sp³-hybridized carbons (Fsp3) is 1.00. The van der Waals surface area contributed by atoms with Crippen molar-refractivity contribution in [2.75, 3.05) is 0 Å². The van der Waals surface area contributed by atoms with E-state index in [1.165, 1.54) is 25.7 Å². The van der Waals surface area contributed by atoms with Crippen LogP contribution >= 0.6 is 0 Å². The van der Waals surface area contributed by atoms with Crippen LogP contribution in [0, 0.1) is 0 Å². The van der Waals surface area contributed by atoms with Crippen molar-refractivity contribution in [3.63, 3.8) is 0 Å². The minimum Gasteiger partial charge on any atom is -1.00 e. The van der Waals surface area contributed by atoms with Crippen LogP contribution in [-0.4, -0.2) is 23.1 Å². The van der Waals surface area contributed by atoms with Gasteiger partial charge in [-0.05, 0) is 0 Å². The Bertz CT molecular complexity index is 23.0. The first kappa shape index (κ1) is 22.6. The number of unbranched alkanes of at least 4 members (excludes halogenated alkanes) is 3. The summed E-state index contributed by atoms with van der Waals surface area (Å²) in [5.41, 5.74) is 0. The van der Waals surface area contributed by atoms with Gasteiger partial charge in [0.25, 0.3) is 0 Å². The molecule has 0 bridgehead atoms. The zero-order valence-corrected chi connectivity index (χ0v) is 7.71. The van der Waals surface area contributed by atoms with Gasteiger partial charge in [-0.15, -0.1) is 0 Å². The average Bonchev–Trinajstić information content (AvgIpc) is 1.61. The van der Waals surface area contributed by atoms with E-state index in [-0.39, 0.29) is 32.5 Å². The molecule has 0 unspecified atom stereocenters. The molecule has 0 aromatic heterocycles. The quantitative estimate of drug-likeness (QED) is 0.285. The Kier molecular flexibility index (Phi) is 58.9. The van der Waals surface area contributed by atoms with Gasteiger partial charge in [-0.25, -0.2) is 0 Å². The number of hydrogen-bond acceptors (Lipinski definition) is 0. The third-order valence-corrected chi connectivity index (χ3v) is 0.957. The predicted molar refractivity (Wildman–Crippen MR) is 35.6 cm³/mol. The van der Waals surface area contributed by atoms with Crippen molar-refractivity contribution in [3.8, 4) is 0 Å². The van der Waals surface area contributed by atoms with Crippen molar-refractivity contribution < 1.29 is 9.41 Å². The van der Waals surface area contributed by atoms with E-state index in [0.717, 1.165) is 0 Å². The third kappa shape index (κ3) is 28.8. The Morgan fingerprint density at radius 3 is 1.11 bits per heavy atom. The molecule has 0 aromatic carbocycles. The van der Waals surface area contributed by atoms with Crippen molar-refractivity contribution in [1.29, 1.82) is 0 Å². The second-order valence-electron chi connectivity index (χ2n) is 1.71. The van der Waals surface area contributed by atoms with Gasteiger partial charge in [0.2, 0.25) is 0 Å². The normalized spacial score (nSPS) is 6.00. The van der Waals surface area contributed by atoms with Gasteiger partial charge in [0.15, 0.2) is 0 Å². The fourth-order valence-electron chi connectivity index (χ4n) is 0.500. The summed E-state index contributed by atoms with van der Waals surface area (Å²) in [6.07, 6.45) is 5.54. The molecule has 0 fully saturated rings. The molecule has 0 aliphatic heterocycles. The van der Waals surface area contributed by atoms with E-state index in [2.05, 4.69) is 13.8 Å². The molecule has 0 aliphatic carbocycles. The van der Waals surface area contributed by atoms with Crippen molar-refractivity contribution in [2.24, 2.45) is 0 Å². The largest absolute Gasteiger partial charge is 2.00 e. The Morgan fingerprint density at radius 1 is 0.778 bits per heavy atom. The molecular weight excluding hydrogens is 134 g/mol. The van der Waals surface area contributed by atoms with Crippen LogP contribution in [-0.2, 0) is 0 Å². The van der Waals surface area contributed by atoms with E-state index >= 15 is 0 Å². The number of rotatable bonds is 3. The molecule has 0 amide bonds. The maximum absolute atomic E-state index is 2.23. The first-order chi connectivity index (χ1) is 2.91. The molecule has 9 heavy (non-hydrogen) atoms. The third-order valence-electron chi connectivity index (χ3n) is 0.957. The molecule has 0 aliphatic rings. The molecule has 0 saturated carbocycles. The van der Waals surface area contributed by atoms with Crippen LogP contribution < -0.4 is 9.41 Å². The monoisotopic (exact) mass is 148 g/mol. The molecule has 0 radical (unpaired) electrons. The number of hydrogen-bond donors (Lipinski definition) is 0. The minimum absolute atomic E-state index is 0. The fourth-order valence-corrected chi connectivity index (χ4v) is 0.500. The van der Waals surface area contributed by atoms with Crippen LogP contribution in [0.4, 0.5) is 0 Å². The Balaban J connectivity index is -0.0000000417. The van der Waals surface area contributed by atoms with Gasteiger partial charge in [-0.1, -0.05) is 39.5 Å². The molecule has 0 heterocycles. The van der Waals surface area contributed by atoms with Crippen LogP contribution in [0.15, 0.2) is 0 Å². The van der Waals surface area contributed by atoms with E-state index in [9.17, 15) is 0 Å². The standard InChI is InChI=1S/C6H14.2FH.Mg/c1-3-5-6-4-2;;;/h3-6H2,1-2H3;2*1H;/q;;;+2/p-2. The Morgan fingerprint density at radius 2 is 1.00 bits per heavy atom. The van der Waals surface area contributed by atoms with E-state index in [4.69, 9.17) is 0 Å². The molecule has 0 rings (SSSR count). The van der Waals surface area contributed by atoms with Gasteiger partial charge in [-0.3, -0.25) is 0 Å². The first-order valence-corrected chi connectivity index (χ1v) is 2.91. The summed E-state index contributed by atoms with van der Waals surface area (Å²) in [7, 11) is 0. The summed E-state index contributed by atoms with van der Waals surface area (Å²) >= 11 is 0. The van der Waals surface area contributed by atoms with Gasteiger partial charge in [0.05, 0.1) is 0 Å². The van der Waals surface area contributed by atoms with E-state index in [1.54, 1.807) is 0 Å². The van der Waals surface area contributed by atoms with Gasteiger partial charge < -0.3 is 9.41 Å². The molecule has 0 nitrogen and oxygen atoms in total. The SMILES string of the molecule is CCCCCC.[F-].[F-].[Mg+2]. The zero-order valence-electron chi connectivity index (χ0n) is 6.29. The summed E-state index contributed by atoms with van der Waals surface area (Å²) in [5.74, 6) is 0. The summed E-state index contributed by atoms with van der Waals surface area (Å²) in [6, 6.07) is 0. The van der Waals surface area contributed by atoms with Crippen LogP contribution in [0.1, 0.15) is 39.5 Å². The molecule has 0 spiro atoms. The minimum atomic E-state index is 0. The smallest absolute Gasteiger partial charge is 1.00 e. The molecule has 0 aromatic rings. The second-order valence-corrected chi connectivity index (χ2v) is 1.71. The summed E-state index contributed by atoms with van der Waals surface area (Å²) in [6.45, 7) is 4.46. The van der Waals surface area contributed by atoms with Crippen molar-refractivity contribution in [3.05, 3.63) is 0 Å². The summed E-state index contributed by atoms with van der Waals surface area (Å²) in [5, 5.41) is 0. The maximum Gasteiger partial charge on any atom is 2.00 e. The molecule has 3 heteroatoms. The van der Waals surface area contributed by atoms with E-state index < -0.39 is 0 Å². The average molecular weight is 148 g/mol. The predicted octanol–water partition coefficient (Wildman–Crippen LogP) is -3.79. The Hall–Kier alpha value is 0.626.